The van der Waals surface area contributed by atoms with Crippen molar-refractivity contribution in [2.24, 2.45) is 0 Å². The molecule has 0 spiro atoms. The van der Waals surface area contributed by atoms with Gasteiger partial charge in [-0.2, -0.15) is 4.79 Å². The van der Waals surface area contributed by atoms with E-state index in [1.54, 1.807) is 0 Å². The largest absolute Gasteiger partial charge is 0.361 e. The normalized spacial score (nSPS) is 8.59. The van der Waals surface area contributed by atoms with E-state index in [0.717, 1.165) is 11.1 Å². The van der Waals surface area contributed by atoms with E-state index < -0.39 is 0 Å². The van der Waals surface area contributed by atoms with Crippen LogP contribution >= 0.6 is 0 Å². The highest BCUT2D eigenvalue weighted by Crippen LogP contribution is 2.08. The molecular weight excluding hydrogens is 216 g/mol. The first kappa shape index (κ1) is 12.8. The number of nitrogens with zero attached hydrogens (tertiary/aromatic N) is 2. The van der Waals surface area contributed by atoms with Crippen molar-refractivity contribution in [2.45, 2.75) is 0 Å². The molecule has 0 amide bonds. The lowest BCUT2D eigenvalue weighted by Gasteiger charge is -1.95. The molecule has 0 saturated heterocycles. The van der Waals surface area contributed by atoms with Crippen LogP contribution in [0.4, 0.5) is 0 Å². The van der Waals surface area contributed by atoms with Crippen LogP contribution in [-0.2, 0) is 0 Å². The molecule has 0 atom stereocenters. The minimum absolute atomic E-state index is 0.594. The minimum Gasteiger partial charge on any atom is -0.361 e. The molecule has 4 heteroatoms. The van der Waals surface area contributed by atoms with E-state index in [1.165, 1.54) is 0 Å². The number of hydrogen-bond donors (Lipinski definition) is 2. The van der Waals surface area contributed by atoms with E-state index in [0.29, 0.717) is 5.71 Å². The van der Waals surface area contributed by atoms with Crippen molar-refractivity contribution in [3.8, 4) is 0 Å². The van der Waals surface area contributed by atoms with E-state index in [1.807, 2.05) is 60.7 Å². The van der Waals surface area contributed by atoms with Gasteiger partial charge >= 0.3 is 5.71 Å². The molecule has 0 fully saturated rings. The van der Waals surface area contributed by atoms with E-state index >= 15 is 0 Å². The van der Waals surface area contributed by atoms with E-state index in [-0.39, 0.29) is 0 Å². The van der Waals surface area contributed by atoms with Crippen molar-refractivity contribution in [1.82, 2.24) is 0 Å². The highest BCUT2D eigenvalue weighted by Gasteiger charge is 2.13. The highest BCUT2D eigenvalue weighted by molar-refractivity contribution is 6.09. The molecule has 0 radical (unpaired) electrons. The van der Waals surface area contributed by atoms with Crippen LogP contribution in [0.2, 0.25) is 0 Å². The van der Waals surface area contributed by atoms with Crippen LogP contribution in [0.5, 0.6) is 0 Å². The molecule has 0 aliphatic carbocycles. The SMILES string of the molecule is OO.[N-]=[N+]=C(c1ccccc1)c1ccccc1. The van der Waals surface area contributed by atoms with Crippen LogP contribution in [0.1, 0.15) is 11.1 Å². The first-order valence-electron chi connectivity index (χ1n) is 4.94. The third kappa shape index (κ3) is 3.36. The second kappa shape index (κ2) is 7.09. The van der Waals surface area contributed by atoms with Gasteiger partial charge in [-0.25, -0.2) is 0 Å². The number of hydrogen-bond acceptors (Lipinski definition) is 2. The van der Waals surface area contributed by atoms with Crippen LogP contribution in [0.15, 0.2) is 60.7 Å². The Morgan fingerprint density at radius 2 is 1.12 bits per heavy atom. The maximum Gasteiger partial charge on any atom is 0.329 e. The summed E-state index contributed by atoms with van der Waals surface area (Å²) in [7, 11) is 0. The first-order valence-corrected chi connectivity index (χ1v) is 4.94. The van der Waals surface area contributed by atoms with E-state index in [2.05, 4.69) is 4.79 Å². The monoisotopic (exact) mass is 228 g/mol. The van der Waals surface area contributed by atoms with Gasteiger partial charge in [-0.05, 0) is 24.3 Å². The van der Waals surface area contributed by atoms with E-state index in [4.69, 9.17) is 16.0 Å². The standard InChI is InChI=1S/C13H10N2.H2O2/c14-15-13(11-7-3-1-4-8-11)12-9-5-2-6-10-12;1-2/h1-10H;1-2H. The van der Waals surface area contributed by atoms with Crippen molar-refractivity contribution in [3.05, 3.63) is 77.3 Å². The smallest absolute Gasteiger partial charge is 0.329 e. The summed E-state index contributed by atoms with van der Waals surface area (Å²) in [4.78, 5) is 3.35. The summed E-state index contributed by atoms with van der Waals surface area (Å²) in [6.45, 7) is 0. The second-order valence-electron chi connectivity index (χ2n) is 3.18. The molecule has 2 N–H and O–H groups in total. The molecule has 2 rings (SSSR count). The van der Waals surface area contributed by atoms with Crippen molar-refractivity contribution in [3.63, 3.8) is 0 Å². The van der Waals surface area contributed by atoms with Gasteiger partial charge in [-0.1, -0.05) is 36.4 Å². The van der Waals surface area contributed by atoms with Crippen LogP contribution in [0.25, 0.3) is 5.53 Å². The fraction of sp³-hybridized carbons (Fsp3) is 0. The van der Waals surface area contributed by atoms with Gasteiger partial charge in [0.2, 0.25) is 0 Å². The van der Waals surface area contributed by atoms with Crippen LogP contribution in [0, 0.1) is 0 Å². The Morgan fingerprint density at radius 3 is 1.41 bits per heavy atom. The summed E-state index contributed by atoms with van der Waals surface area (Å²) in [5.74, 6) is 0. The quantitative estimate of drug-likeness (QED) is 0.272. The maximum atomic E-state index is 9.02. The average molecular weight is 228 g/mol. The Bertz CT molecular complexity index is 450. The van der Waals surface area contributed by atoms with Crippen LogP contribution < -0.4 is 0 Å². The number of rotatable bonds is 2. The van der Waals surface area contributed by atoms with Gasteiger partial charge in [-0.15, -0.1) is 0 Å². The summed E-state index contributed by atoms with van der Waals surface area (Å²) in [5.41, 5.74) is 11.4. The zero-order chi connectivity index (χ0) is 12.5. The second-order valence-corrected chi connectivity index (χ2v) is 3.18. The molecule has 17 heavy (non-hydrogen) atoms. The van der Waals surface area contributed by atoms with Crippen molar-refractivity contribution in [2.75, 3.05) is 0 Å². The summed E-state index contributed by atoms with van der Waals surface area (Å²) in [5, 5.41) is 12.0. The molecule has 2 aromatic rings. The van der Waals surface area contributed by atoms with Gasteiger partial charge in [-0.3, -0.25) is 10.5 Å². The Morgan fingerprint density at radius 1 is 0.765 bits per heavy atom. The summed E-state index contributed by atoms with van der Waals surface area (Å²) < 4.78 is 0. The molecule has 4 nitrogen and oxygen atoms in total. The molecular formula is C13H12N2O2. The van der Waals surface area contributed by atoms with Gasteiger partial charge in [0.1, 0.15) is 0 Å². The van der Waals surface area contributed by atoms with Crippen LogP contribution in [0.3, 0.4) is 0 Å². The van der Waals surface area contributed by atoms with Gasteiger partial charge in [0.15, 0.2) is 0 Å². The summed E-state index contributed by atoms with van der Waals surface area (Å²) in [6.07, 6.45) is 0. The zero-order valence-corrected chi connectivity index (χ0v) is 9.06. The average Bonchev–Trinajstić information content (AvgIpc) is 2.44. The highest BCUT2D eigenvalue weighted by atomic mass is 17.0. The molecule has 0 aliphatic rings. The number of benzene rings is 2. The molecule has 0 heterocycles. The zero-order valence-electron chi connectivity index (χ0n) is 9.06. The third-order valence-electron chi connectivity index (χ3n) is 2.19. The van der Waals surface area contributed by atoms with Gasteiger partial charge in [0.25, 0.3) is 0 Å². The summed E-state index contributed by atoms with van der Waals surface area (Å²) in [6, 6.07) is 19.2. The predicted molar refractivity (Wildman–Crippen MR) is 65.0 cm³/mol. The molecule has 0 aromatic heterocycles. The fourth-order valence-electron chi connectivity index (χ4n) is 1.47. The van der Waals surface area contributed by atoms with Gasteiger partial charge < -0.3 is 5.53 Å². The Balaban J connectivity index is 0.000000686. The minimum atomic E-state index is 0.594. The summed E-state index contributed by atoms with van der Waals surface area (Å²) >= 11 is 0. The molecule has 0 aliphatic heterocycles. The third-order valence-corrected chi connectivity index (χ3v) is 2.19. The lowest BCUT2D eigenvalue weighted by Crippen LogP contribution is -2.03. The topological polar surface area (TPSA) is 76.9 Å². The lowest BCUT2D eigenvalue weighted by atomic mass is 10.0. The predicted octanol–water partition coefficient (Wildman–Crippen LogP) is 2.77. The van der Waals surface area contributed by atoms with Crippen molar-refractivity contribution < 1.29 is 15.3 Å². The van der Waals surface area contributed by atoms with Crippen LogP contribution in [-0.4, -0.2) is 21.0 Å². The molecule has 0 unspecified atom stereocenters. The maximum absolute atomic E-state index is 9.02. The molecule has 0 bridgehead atoms. The Hall–Kier alpha value is -2.26. The Kier molecular flexibility index (Phi) is 5.34. The Labute approximate surface area is 99.0 Å². The van der Waals surface area contributed by atoms with Gasteiger partial charge in [0, 0.05) is 0 Å². The van der Waals surface area contributed by atoms with E-state index in [9.17, 15) is 0 Å². The van der Waals surface area contributed by atoms with Gasteiger partial charge in [0.05, 0.1) is 11.1 Å². The molecule has 86 valence electrons. The lowest BCUT2D eigenvalue weighted by molar-refractivity contribution is -0.176. The van der Waals surface area contributed by atoms with Crippen molar-refractivity contribution in [1.29, 1.82) is 0 Å². The fourth-order valence-corrected chi connectivity index (χ4v) is 1.47. The molecule has 2 aromatic carbocycles. The van der Waals surface area contributed by atoms with Crippen molar-refractivity contribution >= 4 is 5.71 Å². The molecule has 0 saturated carbocycles. The first-order chi connectivity index (χ1) is 8.42.